The largest absolute Gasteiger partial charge is 0.481 e. The number of hydrogen-bond donors (Lipinski definition) is 3. The zero-order chi connectivity index (χ0) is 14.4. The molecule has 19 heavy (non-hydrogen) atoms. The molecule has 0 aliphatic carbocycles. The maximum atomic E-state index is 11.6. The summed E-state index contributed by atoms with van der Waals surface area (Å²) in [6.07, 6.45) is 0.459. The summed E-state index contributed by atoms with van der Waals surface area (Å²) in [5.74, 6) is -1.50. The average molecular weight is 350 g/mol. The molecule has 0 bridgehead atoms. The van der Waals surface area contributed by atoms with Gasteiger partial charge in [-0.1, -0.05) is 18.5 Å². The molecule has 0 aliphatic heterocycles. The van der Waals surface area contributed by atoms with Crippen molar-refractivity contribution in [3.63, 3.8) is 0 Å². The number of anilines is 1. The molecule has 0 radical (unpaired) electrons. The molecule has 1 rings (SSSR count). The van der Waals surface area contributed by atoms with E-state index in [1.165, 1.54) is 0 Å². The molecule has 2 amide bonds. The van der Waals surface area contributed by atoms with E-state index in [0.29, 0.717) is 21.6 Å². The van der Waals surface area contributed by atoms with E-state index in [9.17, 15) is 9.59 Å². The van der Waals surface area contributed by atoms with Crippen molar-refractivity contribution in [3.8, 4) is 0 Å². The standard InChI is InChI=1S/C12H14BrClN2O3/c1-2-7(11(17)18)6-15-12(19)16-10-4-3-8(14)5-9(10)13/h3-5,7H,2,6H2,1H3,(H,17,18)(H2,15,16,19). The molecule has 104 valence electrons. The molecule has 0 saturated heterocycles. The Morgan fingerprint density at radius 3 is 2.68 bits per heavy atom. The number of hydrogen-bond acceptors (Lipinski definition) is 2. The van der Waals surface area contributed by atoms with Gasteiger partial charge in [0.15, 0.2) is 0 Å². The minimum absolute atomic E-state index is 0.0862. The highest BCUT2D eigenvalue weighted by Gasteiger charge is 2.16. The highest BCUT2D eigenvalue weighted by atomic mass is 79.9. The number of halogens is 2. The van der Waals surface area contributed by atoms with Crippen LogP contribution in [0.15, 0.2) is 22.7 Å². The van der Waals surface area contributed by atoms with E-state index in [1.807, 2.05) is 0 Å². The Hall–Kier alpha value is -1.27. The highest BCUT2D eigenvalue weighted by molar-refractivity contribution is 9.10. The maximum Gasteiger partial charge on any atom is 0.319 e. The fraction of sp³-hybridized carbons (Fsp3) is 0.333. The van der Waals surface area contributed by atoms with Gasteiger partial charge in [0.25, 0.3) is 0 Å². The molecule has 0 aromatic heterocycles. The monoisotopic (exact) mass is 348 g/mol. The van der Waals surface area contributed by atoms with Crippen molar-refractivity contribution in [3.05, 3.63) is 27.7 Å². The van der Waals surface area contributed by atoms with E-state index in [2.05, 4.69) is 26.6 Å². The topological polar surface area (TPSA) is 78.4 Å². The zero-order valence-corrected chi connectivity index (χ0v) is 12.6. The van der Waals surface area contributed by atoms with Crippen molar-refractivity contribution in [2.24, 2.45) is 5.92 Å². The number of benzene rings is 1. The van der Waals surface area contributed by atoms with E-state index >= 15 is 0 Å². The molecular weight excluding hydrogens is 336 g/mol. The fourth-order valence-corrected chi connectivity index (χ4v) is 2.16. The molecule has 0 saturated carbocycles. The molecule has 0 spiro atoms. The van der Waals surface area contributed by atoms with Crippen molar-refractivity contribution in [1.82, 2.24) is 5.32 Å². The number of aliphatic carboxylic acids is 1. The lowest BCUT2D eigenvalue weighted by atomic mass is 10.1. The van der Waals surface area contributed by atoms with Crippen molar-refractivity contribution in [2.75, 3.05) is 11.9 Å². The molecule has 0 aliphatic rings. The van der Waals surface area contributed by atoms with Crippen LogP contribution in [0.1, 0.15) is 13.3 Å². The molecule has 1 unspecified atom stereocenters. The minimum Gasteiger partial charge on any atom is -0.481 e. The number of carboxylic acids is 1. The molecule has 3 N–H and O–H groups in total. The summed E-state index contributed by atoms with van der Waals surface area (Å²) in [6, 6.07) is 4.50. The number of nitrogens with one attached hydrogen (secondary N) is 2. The normalized spacial score (nSPS) is 11.7. The number of urea groups is 1. The smallest absolute Gasteiger partial charge is 0.319 e. The number of amides is 2. The summed E-state index contributed by atoms with van der Waals surface area (Å²) in [7, 11) is 0. The van der Waals surface area contributed by atoms with Crippen LogP contribution in [-0.2, 0) is 4.79 Å². The third-order valence-corrected chi connectivity index (χ3v) is 3.42. The first kappa shape index (κ1) is 15.8. The lowest BCUT2D eigenvalue weighted by Crippen LogP contribution is -2.35. The predicted octanol–water partition coefficient (Wildman–Crippen LogP) is 3.33. The van der Waals surface area contributed by atoms with Crippen molar-refractivity contribution >= 4 is 45.2 Å². The van der Waals surface area contributed by atoms with Gasteiger partial charge in [0, 0.05) is 16.0 Å². The van der Waals surface area contributed by atoms with Crippen LogP contribution >= 0.6 is 27.5 Å². The second-order valence-electron chi connectivity index (χ2n) is 3.90. The lowest BCUT2D eigenvalue weighted by Gasteiger charge is -2.12. The average Bonchev–Trinajstić information content (AvgIpc) is 2.33. The summed E-state index contributed by atoms with van der Waals surface area (Å²) in [6.45, 7) is 1.84. The molecule has 5 nitrogen and oxygen atoms in total. The second-order valence-corrected chi connectivity index (χ2v) is 5.19. The van der Waals surface area contributed by atoms with Crippen molar-refractivity contribution in [2.45, 2.75) is 13.3 Å². The highest BCUT2D eigenvalue weighted by Crippen LogP contribution is 2.25. The van der Waals surface area contributed by atoms with Gasteiger partial charge < -0.3 is 15.7 Å². The van der Waals surface area contributed by atoms with Gasteiger partial charge in [0.1, 0.15) is 0 Å². The Kier molecular flexibility index (Phi) is 6.11. The van der Waals surface area contributed by atoms with E-state index in [4.69, 9.17) is 16.7 Å². The summed E-state index contributed by atoms with van der Waals surface area (Å²) in [5.41, 5.74) is 0.560. The Morgan fingerprint density at radius 1 is 1.47 bits per heavy atom. The molecule has 1 atom stereocenters. The molecule has 1 aromatic carbocycles. The van der Waals surface area contributed by atoms with E-state index in [1.54, 1.807) is 25.1 Å². The number of carbonyl (C=O) groups excluding carboxylic acids is 1. The Labute approximate surface area is 124 Å². The van der Waals surface area contributed by atoms with Gasteiger partial charge in [-0.3, -0.25) is 4.79 Å². The van der Waals surface area contributed by atoms with E-state index in [-0.39, 0.29) is 6.54 Å². The number of carbonyl (C=O) groups is 2. The van der Waals surface area contributed by atoms with Crippen LogP contribution in [0.3, 0.4) is 0 Å². The van der Waals surface area contributed by atoms with Crippen molar-refractivity contribution in [1.29, 1.82) is 0 Å². The molecule has 0 heterocycles. The zero-order valence-electron chi connectivity index (χ0n) is 10.2. The number of carboxylic acid groups (broad SMARTS) is 1. The molecule has 7 heteroatoms. The van der Waals surface area contributed by atoms with Gasteiger partial charge in [-0.25, -0.2) is 4.79 Å². The van der Waals surface area contributed by atoms with Gasteiger partial charge >= 0.3 is 12.0 Å². The second kappa shape index (κ2) is 7.35. The van der Waals surface area contributed by atoms with Crippen LogP contribution in [0.2, 0.25) is 5.02 Å². The van der Waals surface area contributed by atoms with Gasteiger partial charge in [0.2, 0.25) is 0 Å². The summed E-state index contributed by atoms with van der Waals surface area (Å²) in [5, 5.41) is 14.5. The summed E-state index contributed by atoms with van der Waals surface area (Å²) >= 11 is 9.06. The quantitative estimate of drug-likeness (QED) is 0.763. The van der Waals surface area contributed by atoms with Crippen molar-refractivity contribution < 1.29 is 14.7 Å². The summed E-state index contributed by atoms with van der Waals surface area (Å²) < 4.78 is 0.653. The first-order valence-corrected chi connectivity index (χ1v) is 6.83. The third kappa shape index (κ3) is 5.08. The van der Waals surface area contributed by atoms with Gasteiger partial charge in [-0.15, -0.1) is 0 Å². The van der Waals surface area contributed by atoms with Crippen LogP contribution in [0.5, 0.6) is 0 Å². The van der Waals surface area contributed by atoms with Gasteiger partial charge in [0.05, 0.1) is 11.6 Å². The third-order valence-electron chi connectivity index (χ3n) is 2.53. The fourth-order valence-electron chi connectivity index (χ4n) is 1.38. The van der Waals surface area contributed by atoms with Gasteiger partial charge in [-0.2, -0.15) is 0 Å². The van der Waals surface area contributed by atoms with Crippen LogP contribution in [0.25, 0.3) is 0 Å². The summed E-state index contributed by atoms with van der Waals surface area (Å²) in [4.78, 5) is 22.4. The number of rotatable bonds is 5. The van der Waals surface area contributed by atoms with Gasteiger partial charge in [-0.05, 0) is 40.5 Å². The first-order chi connectivity index (χ1) is 8.93. The van der Waals surface area contributed by atoms with E-state index in [0.717, 1.165) is 0 Å². The predicted molar refractivity (Wildman–Crippen MR) is 77.6 cm³/mol. The minimum atomic E-state index is -0.921. The maximum absolute atomic E-state index is 11.6. The van der Waals surface area contributed by atoms with Crippen LogP contribution in [-0.4, -0.2) is 23.7 Å². The Morgan fingerprint density at radius 2 is 2.16 bits per heavy atom. The molecule has 0 fully saturated rings. The lowest BCUT2D eigenvalue weighted by molar-refractivity contribution is -0.141. The first-order valence-electron chi connectivity index (χ1n) is 5.66. The molecule has 1 aromatic rings. The Balaban J connectivity index is 2.53. The van der Waals surface area contributed by atoms with E-state index < -0.39 is 17.9 Å². The van der Waals surface area contributed by atoms with Crippen LogP contribution in [0.4, 0.5) is 10.5 Å². The van der Waals surface area contributed by atoms with Crippen LogP contribution in [0, 0.1) is 5.92 Å². The SMILES string of the molecule is CCC(CNC(=O)Nc1ccc(Cl)cc1Br)C(=O)O. The van der Waals surface area contributed by atoms with Crippen LogP contribution < -0.4 is 10.6 Å². The molecular formula is C12H14BrClN2O3. The Bertz CT molecular complexity index is 482.